The molecule has 2 aliphatic rings. The lowest BCUT2D eigenvalue weighted by Gasteiger charge is -2.33. The van der Waals surface area contributed by atoms with E-state index in [0.717, 1.165) is 0 Å². The maximum atomic E-state index is 15.0. The second kappa shape index (κ2) is 9.26. The van der Waals surface area contributed by atoms with Crippen LogP contribution in [0.2, 0.25) is 0 Å². The Labute approximate surface area is 203 Å². The molecule has 2 aromatic rings. The number of carbonyl (C=O) groups excluding carboxylic acids is 2. The molecule has 2 fully saturated rings. The fourth-order valence-corrected chi connectivity index (χ4v) is 5.25. The number of carbonyl (C=O) groups is 2. The van der Waals surface area contributed by atoms with E-state index >= 15 is 4.39 Å². The van der Waals surface area contributed by atoms with Gasteiger partial charge in [0, 0.05) is 31.1 Å². The highest BCUT2D eigenvalue weighted by molar-refractivity contribution is 5.87. The van der Waals surface area contributed by atoms with Gasteiger partial charge in [-0.3, -0.25) is 9.59 Å². The largest absolute Gasteiger partial charge is 0.389 e. The van der Waals surface area contributed by atoms with E-state index in [0.29, 0.717) is 22.4 Å². The van der Waals surface area contributed by atoms with E-state index in [2.05, 4.69) is 15.3 Å². The summed E-state index contributed by atoms with van der Waals surface area (Å²) in [6.07, 6.45) is -6.75. The van der Waals surface area contributed by atoms with Gasteiger partial charge in [0.2, 0.25) is 11.8 Å². The first-order chi connectivity index (χ1) is 16.7. The van der Waals surface area contributed by atoms with Crippen molar-refractivity contribution in [2.24, 2.45) is 17.6 Å². The maximum Gasteiger partial charge on any atom is 0.389 e. The molecule has 0 aliphatic heterocycles. The molecule has 4 rings (SSSR count). The van der Waals surface area contributed by atoms with Crippen molar-refractivity contribution in [3.63, 3.8) is 0 Å². The van der Waals surface area contributed by atoms with Gasteiger partial charge in [0.05, 0.1) is 23.5 Å². The normalized spacial score (nSPS) is 25.9. The van der Waals surface area contributed by atoms with Gasteiger partial charge in [-0.1, -0.05) is 6.07 Å². The van der Waals surface area contributed by atoms with Crippen molar-refractivity contribution >= 4 is 22.8 Å². The SMILES string of the molecule is C[C@@H](NC(=O)CCC(F)(F)F)c1ccc2nc([C@@H](C3CCC(F)(F)CC3)C3CC3(F)C(N)=O)[nH]c2c1. The summed E-state index contributed by atoms with van der Waals surface area (Å²) >= 11 is 0. The predicted molar refractivity (Wildman–Crippen MR) is 119 cm³/mol. The zero-order valence-electron chi connectivity index (χ0n) is 19.6. The second-order valence-electron chi connectivity index (χ2n) is 10.1. The summed E-state index contributed by atoms with van der Waals surface area (Å²) in [5.74, 6) is -5.88. The van der Waals surface area contributed by atoms with E-state index in [1.54, 1.807) is 25.1 Å². The molecular formula is C24H28F6N4O2. The molecule has 2 unspecified atom stereocenters. The minimum absolute atomic E-state index is 0.0941. The lowest BCUT2D eigenvalue weighted by atomic mass is 9.75. The number of primary amides is 1. The number of aromatic nitrogens is 2. The van der Waals surface area contributed by atoms with Crippen molar-refractivity contribution in [1.29, 1.82) is 0 Å². The van der Waals surface area contributed by atoms with Gasteiger partial charge in [0.1, 0.15) is 5.82 Å². The second-order valence-corrected chi connectivity index (χ2v) is 10.1. The first kappa shape index (κ1) is 26.3. The summed E-state index contributed by atoms with van der Waals surface area (Å²) in [5, 5.41) is 2.53. The number of nitrogens with two attached hydrogens (primary N) is 1. The molecule has 36 heavy (non-hydrogen) atoms. The van der Waals surface area contributed by atoms with Crippen LogP contribution in [0.3, 0.4) is 0 Å². The number of benzene rings is 1. The number of hydrogen-bond acceptors (Lipinski definition) is 3. The summed E-state index contributed by atoms with van der Waals surface area (Å²) in [6, 6.07) is 4.41. The van der Waals surface area contributed by atoms with E-state index < -0.39 is 60.3 Å². The van der Waals surface area contributed by atoms with Crippen LogP contribution in [0.1, 0.15) is 75.2 Å². The van der Waals surface area contributed by atoms with Crippen LogP contribution in [-0.4, -0.2) is 39.5 Å². The van der Waals surface area contributed by atoms with Crippen molar-refractivity contribution in [3.05, 3.63) is 29.6 Å². The van der Waals surface area contributed by atoms with E-state index in [1.807, 2.05) is 0 Å². The van der Waals surface area contributed by atoms with Gasteiger partial charge in [-0.05, 0) is 49.8 Å². The van der Waals surface area contributed by atoms with E-state index in [1.165, 1.54) is 0 Å². The maximum absolute atomic E-state index is 15.0. The third-order valence-corrected chi connectivity index (χ3v) is 7.41. The van der Waals surface area contributed by atoms with Gasteiger partial charge in [-0.15, -0.1) is 0 Å². The quantitative estimate of drug-likeness (QED) is 0.419. The molecule has 0 radical (unpaired) electrons. The van der Waals surface area contributed by atoms with E-state index in [-0.39, 0.29) is 38.0 Å². The average molecular weight is 519 g/mol. The third kappa shape index (κ3) is 5.62. The molecule has 1 aromatic carbocycles. The topological polar surface area (TPSA) is 101 Å². The van der Waals surface area contributed by atoms with E-state index in [4.69, 9.17) is 5.73 Å². The number of nitrogens with zero attached hydrogens (tertiary/aromatic N) is 1. The number of halogens is 6. The van der Waals surface area contributed by atoms with Crippen LogP contribution < -0.4 is 11.1 Å². The van der Waals surface area contributed by atoms with Gasteiger partial charge >= 0.3 is 6.18 Å². The summed E-state index contributed by atoms with van der Waals surface area (Å²) < 4.78 is 79.7. The standard InChI is InChI=1S/C24H28F6N4O2/c1-12(32-18(35)6-9-24(28,29)30)14-2-3-16-17(10-14)34-20(33-16)19(15-11-23(15,27)21(31)36)13-4-7-22(25,26)8-5-13/h2-3,10,12-13,15,19H,4-9,11H2,1H3,(H2,31,36)(H,32,35)(H,33,34)/t12-,15?,19+,23?/m1/s1. The Hall–Kier alpha value is -2.79. The number of fused-ring (bicyclic) bond motifs is 1. The molecule has 6 nitrogen and oxygen atoms in total. The van der Waals surface area contributed by atoms with Crippen LogP contribution in [0.15, 0.2) is 18.2 Å². The zero-order valence-corrected chi connectivity index (χ0v) is 19.6. The molecule has 4 atom stereocenters. The third-order valence-electron chi connectivity index (χ3n) is 7.41. The van der Waals surface area contributed by atoms with Crippen LogP contribution in [0.5, 0.6) is 0 Å². The first-order valence-electron chi connectivity index (χ1n) is 11.9. The molecule has 198 valence electrons. The average Bonchev–Trinajstić information content (AvgIpc) is 3.28. The van der Waals surface area contributed by atoms with Gasteiger partial charge in [0.25, 0.3) is 5.91 Å². The Balaban J connectivity index is 1.55. The molecule has 1 heterocycles. The molecule has 12 heteroatoms. The summed E-state index contributed by atoms with van der Waals surface area (Å²) in [6.45, 7) is 1.63. The molecule has 0 saturated heterocycles. The monoisotopic (exact) mass is 518 g/mol. The lowest BCUT2D eigenvalue weighted by Crippen LogP contribution is -2.33. The molecule has 2 saturated carbocycles. The fourth-order valence-electron chi connectivity index (χ4n) is 5.25. The smallest absolute Gasteiger partial charge is 0.367 e. The van der Waals surface area contributed by atoms with Gasteiger partial charge in [-0.25, -0.2) is 18.2 Å². The highest BCUT2D eigenvalue weighted by atomic mass is 19.4. The number of aromatic amines is 1. The number of imidazole rings is 1. The lowest BCUT2D eigenvalue weighted by molar-refractivity contribution is -0.144. The van der Waals surface area contributed by atoms with E-state index in [9.17, 15) is 31.5 Å². The minimum Gasteiger partial charge on any atom is -0.367 e. The number of hydrogen-bond donors (Lipinski definition) is 3. The Bertz CT molecular complexity index is 1140. The fraction of sp³-hybridized carbons (Fsp3) is 0.625. The van der Waals surface area contributed by atoms with Crippen molar-refractivity contribution in [2.75, 3.05) is 0 Å². The zero-order chi connectivity index (χ0) is 26.5. The Morgan fingerprint density at radius 1 is 1.22 bits per heavy atom. The Morgan fingerprint density at radius 3 is 2.47 bits per heavy atom. The van der Waals surface area contributed by atoms with Crippen LogP contribution in [-0.2, 0) is 9.59 Å². The number of rotatable bonds is 8. The molecule has 1 aromatic heterocycles. The predicted octanol–water partition coefficient (Wildman–Crippen LogP) is 5.21. The van der Waals surface area contributed by atoms with Crippen molar-refractivity contribution in [1.82, 2.24) is 15.3 Å². The highest BCUT2D eigenvalue weighted by Crippen LogP contribution is 2.59. The number of nitrogens with one attached hydrogen (secondary N) is 2. The van der Waals surface area contributed by atoms with Gasteiger partial charge in [-0.2, -0.15) is 13.2 Å². The van der Waals surface area contributed by atoms with Crippen molar-refractivity contribution in [2.45, 2.75) is 81.6 Å². The molecule has 2 amide bonds. The number of amides is 2. The van der Waals surface area contributed by atoms with Crippen LogP contribution in [0.4, 0.5) is 26.3 Å². The Morgan fingerprint density at radius 2 is 1.89 bits per heavy atom. The van der Waals surface area contributed by atoms with Crippen LogP contribution in [0.25, 0.3) is 11.0 Å². The number of alkyl halides is 6. The molecule has 2 aliphatic carbocycles. The first-order valence-corrected chi connectivity index (χ1v) is 11.9. The molecule has 0 bridgehead atoms. The highest BCUT2D eigenvalue weighted by Gasteiger charge is 2.65. The summed E-state index contributed by atoms with van der Waals surface area (Å²) in [4.78, 5) is 31.3. The molecule has 4 N–H and O–H groups in total. The Kier molecular flexibility index (Phi) is 6.76. The van der Waals surface area contributed by atoms with Crippen molar-refractivity contribution in [3.8, 4) is 0 Å². The number of H-pyrrole nitrogens is 1. The molecular weight excluding hydrogens is 490 g/mol. The minimum atomic E-state index is -4.43. The van der Waals surface area contributed by atoms with Crippen LogP contribution >= 0.6 is 0 Å². The summed E-state index contributed by atoms with van der Waals surface area (Å²) in [7, 11) is 0. The van der Waals surface area contributed by atoms with Gasteiger partial charge < -0.3 is 16.0 Å². The van der Waals surface area contributed by atoms with Crippen LogP contribution in [0, 0.1) is 11.8 Å². The molecule has 0 spiro atoms. The van der Waals surface area contributed by atoms with Crippen molar-refractivity contribution < 1.29 is 35.9 Å². The summed E-state index contributed by atoms with van der Waals surface area (Å²) in [5.41, 5.74) is 4.72. The van der Waals surface area contributed by atoms with Gasteiger partial charge in [0.15, 0.2) is 5.67 Å².